The maximum atomic E-state index is 11.9. The van der Waals surface area contributed by atoms with Gasteiger partial charge in [-0.15, -0.1) is 0 Å². The minimum absolute atomic E-state index is 0.0587. The molecule has 2 aromatic heterocycles. The Hall–Kier alpha value is -2.10. The fourth-order valence-corrected chi connectivity index (χ4v) is 1.65. The lowest BCUT2D eigenvalue weighted by Gasteiger charge is -2.03. The molecule has 0 aromatic carbocycles. The van der Waals surface area contributed by atoms with E-state index in [0.29, 0.717) is 5.56 Å². The number of aryl methyl sites for hydroxylation is 2. The van der Waals surface area contributed by atoms with Crippen LogP contribution in [0.1, 0.15) is 15.9 Å². The SMILES string of the molecule is Cc1ccn(CC(=O)c2ccn(C)c2)c(=O)c1. The number of carbonyl (C=O) groups is 1. The maximum Gasteiger partial charge on any atom is 0.251 e. The van der Waals surface area contributed by atoms with Gasteiger partial charge in [0.2, 0.25) is 0 Å². The van der Waals surface area contributed by atoms with Crippen molar-refractivity contribution in [3.8, 4) is 0 Å². The number of ketones is 1. The van der Waals surface area contributed by atoms with Crippen LogP contribution >= 0.6 is 0 Å². The van der Waals surface area contributed by atoms with Gasteiger partial charge in [0.25, 0.3) is 5.56 Å². The summed E-state index contributed by atoms with van der Waals surface area (Å²) in [5.74, 6) is -0.0587. The van der Waals surface area contributed by atoms with Crippen molar-refractivity contribution in [2.75, 3.05) is 0 Å². The lowest BCUT2D eigenvalue weighted by Crippen LogP contribution is -2.23. The van der Waals surface area contributed by atoms with Gasteiger partial charge in [-0.2, -0.15) is 0 Å². The first-order valence-corrected chi connectivity index (χ1v) is 5.38. The molecule has 4 heteroatoms. The van der Waals surface area contributed by atoms with Gasteiger partial charge in [-0.1, -0.05) is 0 Å². The number of pyridine rings is 1. The van der Waals surface area contributed by atoms with E-state index in [9.17, 15) is 9.59 Å². The second-order valence-corrected chi connectivity index (χ2v) is 4.16. The number of hydrogen-bond acceptors (Lipinski definition) is 2. The molecule has 0 fully saturated rings. The highest BCUT2D eigenvalue weighted by molar-refractivity contribution is 5.95. The van der Waals surface area contributed by atoms with Gasteiger partial charge < -0.3 is 9.13 Å². The molecule has 17 heavy (non-hydrogen) atoms. The highest BCUT2D eigenvalue weighted by Crippen LogP contribution is 2.02. The Kier molecular flexibility index (Phi) is 2.95. The van der Waals surface area contributed by atoms with Gasteiger partial charge in [-0.05, 0) is 24.6 Å². The molecule has 88 valence electrons. The molecule has 2 heterocycles. The molecule has 0 N–H and O–H groups in total. The van der Waals surface area contributed by atoms with E-state index in [0.717, 1.165) is 5.56 Å². The summed E-state index contributed by atoms with van der Waals surface area (Å²) in [4.78, 5) is 23.5. The van der Waals surface area contributed by atoms with Crippen LogP contribution in [-0.4, -0.2) is 14.9 Å². The van der Waals surface area contributed by atoms with Crippen LogP contribution in [0.3, 0.4) is 0 Å². The topological polar surface area (TPSA) is 44.0 Å². The minimum Gasteiger partial charge on any atom is -0.357 e. The van der Waals surface area contributed by atoms with Gasteiger partial charge in [0, 0.05) is 37.3 Å². The molecular formula is C13H14N2O2. The molecule has 0 aliphatic heterocycles. The summed E-state index contributed by atoms with van der Waals surface area (Å²) in [6.07, 6.45) is 5.21. The number of nitrogens with zero attached hydrogens (tertiary/aromatic N) is 2. The standard InChI is InChI=1S/C13H14N2O2/c1-10-3-6-15(13(17)7-10)9-12(16)11-4-5-14(2)8-11/h3-8H,9H2,1-2H3. The molecule has 0 bridgehead atoms. The number of rotatable bonds is 3. The van der Waals surface area contributed by atoms with Crippen molar-refractivity contribution in [2.24, 2.45) is 7.05 Å². The third-order valence-electron chi connectivity index (χ3n) is 2.62. The van der Waals surface area contributed by atoms with E-state index in [1.54, 1.807) is 18.5 Å². The van der Waals surface area contributed by atoms with E-state index in [-0.39, 0.29) is 17.9 Å². The molecule has 2 rings (SSSR count). The lowest BCUT2D eigenvalue weighted by atomic mass is 10.2. The van der Waals surface area contributed by atoms with Gasteiger partial charge in [0.15, 0.2) is 5.78 Å². The average molecular weight is 230 g/mol. The van der Waals surface area contributed by atoms with Crippen molar-refractivity contribution in [1.29, 1.82) is 0 Å². The zero-order valence-corrected chi connectivity index (χ0v) is 9.88. The van der Waals surface area contributed by atoms with Gasteiger partial charge in [-0.3, -0.25) is 9.59 Å². The van der Waals surface area contributed by atoms with Gasteiger partial charge in [0.1, 0.15) is 0 Å². The molecule has 0 radical (unpaired) electrons. The molecule has 0 saturated heterocycles. The zero-order chi connectivity index (χ0) is 12.4. The second-order valence-electron chi connectivity index (χ2n) is 4.16. The molecule has 0 spiro atoms. The lowest BCUT2D eigenvalue weighted by molar-refractivity contribution is 0.0971. The summed E-state index contributed by atoms with van der Waals surface area (Å²) in [6.45, 7) is 1.94. The van der Waals surface area contributed by atoms with Gasteiger partial charge in [0.05, 0.1) is 6.54 Å². The Morgan fingerprint density at radius 1 is 1.29 bits per heavy atom. The van der Waals surface area contributed by atoms with E-state index in [1.165, 1.54) is 10.6 Å². The molecular weight excluding hydrogens is 216 g/mol. The van der Waals surface area contributed by atoms with Crippen molar-refractivity contribution in [2.45, 2.75) is 13.5 Å². The van der Waals surface area contributed by atoms with Crippen molar-refractivity contribution in [1.82, 2.24) is 9.13 Å². The fraction of sp³-hybridized carbons (Fsp3) is 0.231. The normalized spacial score (nSPS) is 10.5. The number of Topliss-reactive ketones (excluding diaryl/α,β-unsaturated/α-hetero) is 1. The first kappa shape index (κ1) is 11.4. The van der Waals surface area contributed by atoms with Crippen LogP contribution in [-0.2, 0) is 13.6 Å². The maximum absolute atomic E-state index is 11.9. The third kappa shape index (κ3) is 2.53. The van der Waals surface area contributed by atoms with Crippen LogP contribution in [0, 0.1) is 6.92 Å². The van der Waals surface area contributed by atoms with Gasteiger partial charge in [-0.25, -0.2) is 0 Å². The molecule has 0 unspecified atom stereocenters. The highest BCUT2D eigenvalue weighted by atomic mass is 16.1. The van der Waals surface area contributed by atoms with Crippen LogP contribution in [0.15, 0.2) is 41.6 Å². The Balaban J connectivity index is 2.21. The van der Waals surface area contributed by atoms with E-state index >= 15 is 0 Å². The van der Waals surface area contributed by atoms with Crippen LogP contribution in [0.25, 0.3) is 0 Å². The number of hydrogen-bond donors (Lipinski definition) is 0. The van der Waals surface area contributed by atoms with Crippen molar-refractivity contribution in [3.05, 3.63) is 58.3 Å². The first-order valence-electron chi connectivity index (χ1n) is 5.38. The number of aromatic nitrogens is 2. The first-order chi connectivity index (χ1) is 8.06. The van der Waals surface area contributed by atoms with E-state index in [4.69, 9.17) is 0 Å². The van der Waals surface area contributed by atoms with Crippen molar-refractivity contribution in [3.63, 3.8) is 0 Å². The minimum atomic E-state index is -0.144. The predicted octanol–water partition coefficient (Wildman–Crippen LogP) is 1.38. The number of carbonyl (C=O) groups excluding carboxylic acids is 1. The Morgan fingerprint density at radius 2 is 2.06 bits per heavy atom. The summed E-state index contributed by atoms with van der Waals surface area (Å²) in [5, 5.41) is 0. The second kappa shape index (κ2) is 4.41. The van der Waals surface area contributed by atoms with Crippen LogP contribution in [0.4, 0.5) is 0 Å². The third-order valence-corrected chi connectivity index (χ3v) is 2.62. The largest absolute Gasteiger partial charge is 0.357 e. The van der Waals surface area contributed by atoms with E-state index in [2.05, 4.69) is 0 Å². The smallest absolute Gasteiger partial charge is 0.251 e. The molecule has 0 aliphatic carbocycles. The molecule has 0 amide bonds. The molecule has 0 aliphatic rings. The highest BCUT2D eigenvalue weighted by Gasteiger charge is 2.08. The summed E-state index contributed by atoms with van der Waals surface area (Å²) >= 11 is 0. The van der Waals surface area contributed by atoms with Gasteiger partial charge >= 0.3 is 0 Å². The Labute approximate surface area is 99.1 Å². The molecule has 0 atom stereocenters. The summed E-state index contributed by atoms with van der Waals surface area (Å²) in [5.41, 5.74) is 1.38. The van der Waals surface area contributed by atoms with E-state index < -0.39 is 0 Å². The Bertz CT molecular complexity index is 608. The summed E-state index contributed by atoms with van der Waals surface area (Å²) < 4.78 is 3.23. The fourth-order valence-electron chi connectivity index (χ4n) is 1.65. The molecule has 4 nitrogen and oxygen atoms in total. The van der Waals surface area contributed by atoms with Crippen LogP contribution < -0.4 is 5.56 Å². The quantitative estimate of drug-likeness (QED) is 0.748. The zero-order valence-electron chi connectivity index (χ0n) is 9.88. The summed E-state index contributed by atoms with van der Waals surface area (Å²) in [6, 6.07) is 5.10. The van der Waals surface area contributed by atoms with E-state index in [1.807, 2.05) is 30.8 Å². The monoisotopic (exact) mass is 230 g/mol. The van der Waals surface area contributed by atoms with Crippen molar-refractivity contribution < 1.29 is 4.79 Å². The van der Waals surface area contributed by atoms with Crippen LogP contribution in [0.2, 0.25) is 0 Å². The molecule has 2 aromatic rings. The average Bonchev–Trinajstić information content (AvgIpc) is 2.69. The van der Waals surface area contributed by atoms with Crippen molar-refractivity contribution >= 4 is 5.78 Å². The predicted molar refractivity (Wildman–Crippen MR) is 65.2 cm³/mol. The summed E-state index contributed by atoms with van der Waals surface area (Å²) in [7, 11) is 1.86. The van der Waals surface area contributed by atoms with Crippen LogP contribution in [0.5, 0.6) is 0 Å². The Morgan fingerprint density at radius 3 is 2.65 bits per heavy atom. The molecule has 0 saturated carbocycles.